The molecule has 0 amide bonds. The Kier molecular flexibility index (Phi) is 4.10. The molecule has 0 atom stereocenters. The van der Waals surface area contributed by atoms with E-state index in [2.05, 4.69) is 16.0 Å². The van der Waals surface area contributed by atoms with Gasteiger partial charge >= 0.3 is 0 Å². The fourth-order valence-corrected chi connectivity index (χ4v) is 3.49. The molecule has 1 aromatic carbocycles. The molecular weight excluding hydrogens is 304 g/mol. The van der Waals surface area contributed by atoms with E-state index in [9.17, 15) is 5.11 Å². The summed E-state index contributed by atoms with van der Waals surface area (Å²) in [4.78, 5) is 7.84. The zero-order valence-electron chi connectivity index (χ0n) is 11.6. The van der Waals surface area contributed by atoms with E-state index in [1.807, 2.05) is 43.4 Å². The van der Waals surface area contributed by atoms with Crippen LogP contribution in [0.3, 0.4) is 0 Å². The van der Waals surface area contributed by atoms with Crippen LogP contribution in [-0.4, -0.2) is 17.1 Å². The fraction of sp³-hybridized carbons (Fsp3) is 0.188. The predicted molar refractivity (Wildman–Crippen MR) is 89.1 cm³/mol. The molecule has 0 aliphatic rings. The van der Waals surface area contributed by atoms with E-state index in [1.54, 1.807) is 11.3 Å². The van der Waals surface area contributed by atoms with Crippen molar-refractivity contribution in [2.24, 2.45) is 0 Å². The molecule has 2 aromatic heterocycles. The SMILES string of the molecule is CN(Cc1ccc(Cl)s1)c1nc(CO)cc2ccccc12. The lowest BCUT2D eigenvalue weighted by Gasteiger charge is -2.20. The van der Waals surface area contributed by atoms with E-state index in [0.29, 0.717) is 5.69 Å². The zero-order valence-corrected chi connectivity index (χ0v) is 13.2. The number of nitrogens with zero attached hydrogens (tertiary/aromatic N) is 2. The summed E-state index contributed by atoms with van der Waals surface area (Å²) < 4.78 is 0.792. The summed E-state index contributed by atoms with van der Waals surface area (Å²) in [5, 5.41) is 11.6. The van der Waals surface area contributed by atoms with Crippen LogP contribution in [0.1, 0.15) is 10.6 Å². The Labute approximate surface area is 132 Å². The summed E-state index contributed by atoms with van der Waals surface area (Å²) in [5.74, 6) is 0.877. The number of aromatic nitrogens is 1. The van der Waals surface area contributed by atoms with Gasteiger partial charge in [0.2, 0.25) is 0 Å². The molecule has 2 heterocycles. The maximum absolute atomic E-state index is 9.40. The lowest BCUT2D eigenvalue weighted by Crippen LogP contribution is -2.18. The third kappa shape index (κ3) is 3.02. The Morgan fingerprint density at radius 3 is 2.76 bits per heavy atom. The molecule has 3 rings (SSSR count). The van der Waals surface area contributed by atoms with Gasteiger partial charge in [0.05, 0.1) is 23.2 Å². The first-order chi connectivity index (χ1) is 10.2. The van der Waals surface area contributed by atoms with Gasteiger partial charge in [-0.05, 0) is 23.6 Å². The molecule has 0 bridgehead atoms. The number of fused-ring (bicyclic) bond motifs is 1. The Balaban J connectivity index is 2.01. The maximum atomic E-state index is 9.40. The Bertz CT molecular complexity index is 772. The number of hydrogen-bond donors (Lipinski definition) is 1. The Morgan fingerprint density at radius 1 is 1.24 bits per heavy atom. The minimum atomic E-state index is -0.0590. The van der Waals surface area contributed by atoms with Gasteiger partial charge < -0.3 is 10.0 Å². The van der Waals surface area contributed by atoms with Crippen LogP contribution in [0, 0.1) is 0 Å². The third-order valence-corrected chi connectivity index (χ3v) is 4.53. The van der Waals surface area contributed by atoms with Gasteiger partial charge in [-0.15, -0.1) is 11.3 Å². The maximum Gasteiger partial charge on any atom is 0.136 e. The second-order valence-electron chi connectivity index (χ2n) is 4.88. The molecule has 5 heteroatoms. The highest BCUT2D eigenvalue weighted by atomic mass is 35.5. The van der Waals surface area contributed by atoms with Crippen molar-refractivity contribution in [1.29, 1.82) is 0 Å². The van der Waals surface area contributed by atoms with Crippen molar-refractivity contribution in [1.82, 2.24) is 4.98 Å². The number of thiophene rings is 1. The summed E-state index contributed by atoms with van der Waals surface area (Å²) in [6, 6.07) is 13.9. The largest absolute Gasteiger partial charge is 0.390 e. The highest BCUT2D eigenvalue weighted by Gasteiger charge is 2.11. The quantitative estimate of drug-likeness (QED) is 0.787. The van der Waals surface area contributed by atoms with Gasteiger partial charge in [0.25, 0.3) is 0 Å². The fourth-order valence-electron chi connectivity index (χ4n) is 2.35. The molecule has 108 valence electrons. The zero-order chi connectivity index (χ0) is 14.8. The minimum Gasteiger partial charge on any atom is -0.390 e. The highest BCUT2D eigenvalue weighted by Crippen LogP contribution is 2.28. The van der Waals surface area contributed by atoms with Crippen LogP contribution in [0.5, 0.6) is 0 Å². The van der Waals surface area contributed by atoms with Crippen molar-refractivity contribution < 1.29 is 5.11 Å². The molecule has 0 spiro atoms. The number of aliphatic hydroxyl groups excluding tert-OH is 1. The molecule has 0 saturated heterocycles. The van der Waals surface area contributed by atoms with Crippen LogP contribution in [0.15, 0.2) is 42.5 Å². The highest BCUT2D eigenvalue weighted by molar-refractivity contribution is 7.16. The molecule has 0 aliphatic carbocycles. The van der Waals surface area contributed by atoms with Crippen LogP contribution in [0.25, 0.3) is 10.8 Å². The van der Waals surface area contributed by atoms with Gasteiger partial charge in [-0.2, -0.15) is 0 Å². The number of aliphatic hydroxyl groups is 1. The second kappa shape index (κ2) is 6.02. The summed E-state index contributed by atoms with van der Waals surface area (Å²) in [6.07, 6.45) is 0. The number of pyridine rings is 1. The van der Waals surface area contributed by atoms with Crippen LogP contribution in [0.2, 0.25) is 4.34 Å². The molecule has 3 aromatic rings. The number of anilines is 1. The summed E-state index contributed by atoms with van der Waals surface area (Å²) in [5.41, 5.74) is 0.680. The van der Waals surface area contributed by atoms with E-state index in [-0.39, 0.29) is 6.61 Å². The first-order valence-corrected chi connectivity index (χ1v) is 7.81. The summed E-state index contributed by atoms with van der Waals surface area (Å²) in [6.45, 7) is 0.680. The normalized spacial score (nSPS) is 11.0. The Hall–Kier alpha value is -1.62. The summed E-state index contributed by atoms with van der Waals surface area (Å²) >= 11 is 7.56. The summed E-state index contributed by atoms with van der Waals surface area (Å²) in [7, 11) is 2.00. The molecule has 0 fully saturated rings. The van der Waals surface area contributed by atoms with Crippen molar-refractivity contribution in [3.05, 3.63) is 57.4 Å². The minimum absolute atomic E-state index is 0.0590. The molecule has 0 saturated carbocycles. The number of benzene rings is 1. The molecular formula is C16H15ClN2OS. The molecule has 21 heavy (non-hydrogen) atoms. The van der Waals surface area contributed by atoms with Crippen LogP contribution < -0.4 is 4.90 Å². The van der Waals surface area contributed by atoms with Gasteiger partial charge in [-0.25, -0.2) is 4.98 Å². The van der Waals surface area contributed by atoms with Crippen LogP contribution in [0.4, 0.5) is 5.82 Å². The number of hydrogen-bond acceptors (Lipinski definition) is 4. The van der Waals surface area contributed by atoms with E-state index >= 15 is 0 Å². The topological polar surface area (TPSA) is 36.4 Å². The predicted octanol–water partition coefficient (Wildman–Crippen LogP) is 4.08. The monoisotopic (exact) mass is 318 g/mol. The van der Waals surface area contributed by atoms with Gasteiger partial charge in [0.15, 0.2) is 0 Å². The average molecular weight is 319 g/mol. The third-order valence-electron chi connectivity index (χ3n) is 3.32. The van der Waals surface area contributed by atoms with E-state index in [1.165, 1.54) is 4.88 Å². The lowest BCUT2D eigenvalue weighted by atomic mass is 10.1. The number of rotatable bonds is 4. The second-order valence-corrected chi connectivity index (χ2v) is 6.68. The van der Waals surface area contributed by atoms with Crippen molar-refractivity contribution in [3.8, 4) is 0 Å². The molecule has 3 nitrogen and oxygen atoms in total. The molecule has 1 N–H and O–H groups in total. The van der Waals surface area contributed by atoms with Crippen molar-refractivity contribution >= 4 is 39.5 Å². The van der Waals surface area contributed by atoms with Gasteiger partial charge in [0.1, 0.15) is 5.82 Å². The lowest BCUT2D eigenvalue weighted by molar-refractivity contribution is 0.277. The van der Waals surface area contributed by atoms with Crippen LogP contribution >= 0.6 is 22.9 Å². The molecule has 0 aliphatic heterocycles. The van der Waals surface area contributed by atoms with Crippen molar-refractivity contribution in [3.63, 3.8) is 0 Å². The van der Waals surface area contributed by atoms with Gasteiger partial charge in [0, 0.05) is 17.3 Å². The first kappa shape index (κ1) is 14.3. The van der Waals surface area contributed by atoms with E-state index in [4.69, 9.17) is 11.6 Å². The molecule has 0 unspecified atom stereocenters. The number of halogens is 1. The molecule has 0 radical (unpaired) electrons. The standard InChI is InChI=1S/C16H15ClN2OS/c1-19(9-13-6-7-15(17)21-13)16-14-5-3-2-4-11(14)8-12(10-20)18-16/h2-8,20H,9-10H2,1H3. The van der Waals surface area contributed by atoms with Crippen molar-refractivity contribution in [2.45, 2.75) is 13.2 Å². The van der Waals surface area contributed by atoms with E-state index in [0.717, 1.165) is 27.5 Å². The van der Waals surface area contributed by atoms with Gasteiger partial charge in [-0.1, -0.05) is 35.9 Å². The van der Waals surface area contributed by atoms with Crippen molar-refractivity contribution in [2.75, 3.05) is 11.9 Å². The van der Waals surface area contributed by atoms with Crippen LogP contribution in [-0.2, 0) is 13.2 Å². The average Bonchev–Trinajstić information content (AvgIpc) is 2.91. The Morgan fingerprint density at radius 2 is 2.05 bits per heavy atom. The van der Waals surface area contributed by atoms with E-state index < -0.39 is 0 Å². The first-order valence-electron chi connectivity index (χ1n) is 6.62. The smallest absolute Gasteiger partial charge is 0.136 e. The van der Waals surface area contributed by atoms with Gasteiger partial charge in [-0.3, -0.25) is 0 Å².